The van der Waals surface area contributed by atoms with Crippen molar-refractivity contribution in [2.45, 2.75) is 52.6 Å². The summed E-state index contributed by atoms with van der Waals surface area (Å²) in [4.78, 5) is 0. The number of hydrogen-bond acceptors (Lipinski definition) is 1. The summed E-state index contributed by atoms with van der Waals surface area (Å²) in [5.74, 6) is 0.752. The van der Waals surface area contributed by atoms with Crippen molar-refractivity contribution in [3.8, 4) is 0 Å². The molecule has 0 bridgehead atoms. The van der Waals surface area contributed by atoms with Crippen LogP contribution in [0.5, 0.6) is 0 Å². The Balaban J connectivity index is 2.02. The minimum absolute atomic E-state index is 0.366. The predicted molar refractivity (Wildman–Crippen MR) is 79.0 cm³/mol. The summed E-state index contributed by atoms with van der Waals surface area (Å²) in [6.45, 7) is 9.32. The molecule has 1 aromatic carbocycles. The normalized spacial score (nSPS) is 28.3. The maximum atomic E-state index is 6.05. The van der Waals surface area contributed by atoms with Crippen molar-refractivity contribution in [2.75, 3.05) is 0 Å². The highest BCUT2D eigenvalue weighted by Crippen LogP contribution is 2.41. The smallest absolute Gasteiger partial charge is 0.0409 e. The minimum atomic E-state index is 0.366. The second kappa shape index (κ2) is 5.22. The standard InChI is InChI=1S/C16H24ClN/c1-11-9-16(3,4)10-15(11)18-12(2)13-6-5-7-14(17)8-13/h5-8,11-12,15,18H,9-10H2,1-4H3. The van der Waals surface area contributed by atoms with E-state index >= 15 is 0 Å². The molecule has 100 valence electrons. The summed E-state index contributed by atoms with van der Waals surface area (Å²) < 4.78 is 0. The Kier molecular flexibility index (Phi) is 4.03. The average Bonchev–Trinajstić information content (AvgIpc) is 2.51. The number of benzene rings is 1. The molecule has 1 aliphatic rings. The Bertz CT molecular complexity index is 413. The van der Waals surface area contributed by atoms with Crippen molar-refractivity contribution in [3.05, 3.63) is 34.9 Å². The van der Waals surface area contributed by atoms with Gasteiger partial charge >= 0.3 is 0 Å². The summed E-state index contributed by atoms with van der Waals surface area (Å²) in [6.07, 6.45) is 2.58. The van der Waals surface area contributed by atoms with E-state index in [9.17, 15) is 0 Å². The van der Waals surface area contributed by atoms with Gasteiger partial charge in [0.05, 0.1) is 0 Å². The first kappa shape index (κ1) is 13.9. The van der Waals surface area contributed by atoms with E-state index in [0.717, 1.165) is 10.9 Å². The van der Waals surface area contributed by atoms with Crippen molar-refractivity contribution in [1.29, 1.82) is 0 Å². The molecule has 1 aromatic rings. The molecule has 18 heavy (non-hydrogen) atoms. The van der Waals surface area contributed by atoms with Gasteiger partial charge in [-0.3, -0.25) is 0 Å². The van der Waals surface area contributed by atoms with E-state index < -0.39 is 0 Å². The largest absolute Gasteiger partial charge is 0.307 e. The molecule has 3 unspecified atom stereocenters. The van der Waals surface area contributed by atoms with Crippen LogP contribution in [0.15, 0.2) is 24.3 Å². The molecule has 2 heteroatoms. The Hall–Kier alpha value is -0.530. The van der Waals surface area contributed by atoms with Gasteiger partial charge in [-0.25, -0.2) is 0 Å². The van der Waals surface area contributed by atoms with Gasteiger partial charge in [-0.1, -0.05) is 44.5 Å². The monoisotopic (exact) mass is 265 g/mol. The van der Waals surface area contributed by atoms with Gasteiger partial charge in [0.1, 0.15) is 0 Å². The Labute approximate surface area is 116 Å². The first-order valence-electron chi connectivity index (χ1n) is 6.89. The molecule has 0 aliphatic heterocycles. The molecule has 1 aliphatic carbocycles. The van der Waals surface area contributed by atoms with Gasteiger partial charge in [0, 0.05) is 17.1 Å². The number of halogens is 1. The highest BCUT2D eigenvalue weighted by atomic mass is 35.5. The van der Waals surface area contributed by atoms with Gasteiger partial charge in [-0.05, 0) is 48.8 Å². The topological polar surface area (TPSA) is 12.0 Å². The molecule has 0 amide bonds. The Morgan fingerprint density at radius 2 is 2.06 bits per heavy atom. The zero-order chi connectivity index (χ0) is 13.3. The second-order valence-electron chi connectivity index (χ2n) is 6.60. The zero-order valence-corrected chi connectivity index (χ0v) is 12.6. The molecular weight excluding hydrogens is 242 g/mol. The lowest BCUT2D eigenvalue weighted by Gasteiger charge is -2.24. The summed E-state index contributed by atoms with van der Waals surface area (Å²) in [5, 5.41) is 4.59. The van der Waals surface area contributed by atoms with E-state index in [0.29, 0.717) is 17.5 Å². The van der Waals surface area contributed by atoms with Crippen LogP contribution in [-0.2, 0) is 0 Å². The highest BCUT2D eigenvalue weighted by molar-refractivity contribution is 6.30. The molecule has 1 fully saturated rings. The third-order valence-corrected chi connectivity index (χ3v) is 4.38. The predicted octanol–water partition coefficient (Wildman–Crippen LogP) is 4.82. The summed E-state index contributed by atoms with van der Waals surface area (Å²) in [7, 11) is 0. The zero-order valence-electron chi connectivity index (χ0n) is 11.8. The van der Waals surface area contributed by atoms with Gasteiger partial charge in [-0.15, -0.1) is 0 Å². The number of rotatable bonds is 3. The van der Waals surface area contributed by atoms with Crippen LogP contribution in [0.2, 0.25) is 5.02 Å². The molecule has 0 radical (unpaired) electrons. The maximum absolute atomic E-state index is 6.05. The van der Waals surface area contributed by atoms with Crippen LogP contribution in [-0.4, -0.2) is 6.04 Å². The fourth-order valence-corrected chi connectivity index (χ4v) is 3.51. The van der Waals surface area contributed by atoms with Crippen LogP contribution < -0.4 is 5.32 Å². The molecule has 1 saturated carbocycles. The molecule has 0 heterocycles. The lowest BCUT2D eigenvalue weighted by atomic mass is 9.91. The molecule has 2 rings (SSSR count). The van der Waals surface area contributed by atoms with E-state index in [1.54, 1.807) is 0 Å². The van der Waals surface area contributed by atoms with Gasteiger partial charge in [-0.2, -0.15) is 0 Å². The van der Waals surface area contributed by atoms with E-state index in [4.69, 9.17) is 11.6 Å². The van der Waals surface area contributed by atoms with Gasteiger partial charge in [0.2, 0.25) is 0 Å². The second-order valence-corrected chi connectivity index (χ2v) is 7.04. The fourth-order valence-electron chi connectivity index (χ4n) is 3.31. The third kappa shape index (κ3) is 3.27. The SMILES string of the molecule is CC(NC1CC(C)(C)CC1C)c1cccc(Cl)c1. The van der Waals surface area contributed by atoms with E-state index in [2.05, 4.69) is 45.1 Å². The highest BCUT2D eigenvalue weighted by Gasteiger charge is 2.36. The Morgan fingerprint density at radius 3 is 2.61 bits per heavy atom. The average molecular weight is 266 g/mol. The van der Waals surface area contributed by atoms with Crippen LogP contribution >= 0.6 is 11.6 Å². The van der Waals surface area contributed by atoms with E-state index in [-0.39, 0.29) is 0 Å². The molecule has 0 spiro atoms. The van der Waals surface area contributed by atoms with Crippen LogP contribution in [0.25, 0.3) is 0 Å². The molecule has 1 nitrogen and oxygen atoms in total. The van der Waals surface area contributed by atoms with Gasteiger partial charge < -0.3 is 5.32 Å². The van der Waals surface area contributed by atoms with Gasteiger partial charge in [0.25, 0.3) is 0 Å². The first-order valence-corrected chi connectivity index (χ1v) is 7.27. The van der Waals surface area contributed by atoms with Crippen LogP contribution in [0, 0.1) is 11.3 Å². The third-order valence-electron chi connectivity index (χ3n) is 4.15. The molecule has 1 N–H and O–H groups in total. The quantitative estimate of drug-likeness (QED) is 0.827. The molecule has 0 saturated heterocycles. The summed E-state index contributed by atoms with van der Waals surface area (Å²) in [6, 6.07) is 9.15. The van der Waals surface area contributed by atoms with Crippen molar-refractivity contribution in [3.63, 3.8) is 0 Å². The van der Waals surface area contributed by atoms with E-state index in [1.807, 2.05) is 12.1 Å². The summed E-state index contributed by atoms with van der Waals surface area (Å²) >= 11 is 6.05. The Morgan fingerprint density at radius 1 is 1.33 bits per heavy atom. The van der Waals surface area contributed by atoms with Crippen molar-refractivity contribution in [2.24, 2.45) is 11.3 Å². The molecule has 0 aromatic heterocycles. The lowest BCUT2D eigenvalue weighted by molar-refractivity contribution is 0.356. The lowest BCUT2D eigenvalue weighted by Crippen LogP contribution is -2.33. The van der Waals surface area contributed by atoms with Crippen molar-refractivity contribution in [1.82, 2.24) is 5.32 Å². The van der Waals surface area contributed by atoms with Crippen molar-refractivity contribution >= 4 is 11.6 Å². The fraction of sp³-hybridized carbons (Fsp3) is 0.625. The molecule has 3 atom stereocenters. The number of hydrogen-bond donors (Lipinski definition) is 1. The van der Waals surface area contributed by atoms with E-state index in [1.165, 1.54) is 18.4 Å². The van der Waals surface area contributed by atoms with Crippen LogP contribution in [0.1, 0.15) is 52.1 Å². The molecular formula is C16H24ClN. The minimum Gasteiger partial charge on any atom is -0.307 e. The number of nitrogens with one attached hydrogen (secondary N) is 1. The van der Waals surface area contributed by atoms with Crippen molar-refractivity contribution < 1.29 is 0 Å². The van der Waals surface area contributed by atoms with Crippen LogP contribution in [0.4, 0.5) is 0 Å². The first-order chi connectivity index (χ1) is 8.37. The van der Waals surface area contributed by atoms with Crippen LogP contribution in [0.3, 0.4) is 0 Å². The maximum Gasteiger partial charge on any atom is 0.0409 e. The summed E-state index contributed by atoms with van der Waals surface area (Å²) in [5.41, 5.74) is 1.75. The van der Waals surface area contributed by atoms with Gasteiger partial charge in [0.15, 0.2) is 0 Å².